The van der Waals surface area contributed by atoms with Crippen molar-refractivity contribution in [2.45, 2.75) is 150 Å². The molecule has 9 atom stereocenters. The van der Waals surface area contributed by atoms with Gasteiger partial charge in [-0.05, 0) is 55.9 Å². The van der Waals surface area contributed by atoms with Crippen molar-refractivity contribution in [2.75, 3.05) is 41.0 Å². The molecule has 64 heavy (non-hydrogen) atoms. The lowest BCUT2D eigenvalue weighted by atomic mass is 9.82. The Balaban J connectivity index is 1.79. The normalized spacial score (nSPS) is 17.8. The third-order valence-electron chi connectivity index (χ3n) is 13.4. The van der Waals surface area contributed by atoms with Crippen molar-refractivity contribution in [3.63, 3.8) is 0 Å². The summed E-state index contributed by atoms with van der Waals surface area (Å²) in [5.74, 6) is -1.76. The molecule has 0 bridgehead atoms. The highest BCUT2D eigenvalue weighted by Crippen LogP contribution is 2.34. The van der Waals surface area contributed by atoms with E-state index in [4.69, 9.17) is 23.9 Å². The molecule has 0 aliphatic carbocycles. The third kappa shape index (κ3) is 15.3. The van der Waals surface area contributed by atoms with Gasteiger partial charge in [0.2, 0.25) is 11.8 Å². The minimum Gasteiger partial charge on any atom is -0.435 e. The fourth-order valence-electron chi connectivity index (χ4n) is 8.84. The first kappa shape index (κ1) is 54.3. The number of rotatable bonds is 28. The highest BCUT2D eigenvalue weighted by molar-refractivity contribution is 7.10. The van der Waals surface area contributed by atoms with Crippen molar-refractivity contribution >= 4 is 46.7 Å². The van der Waals surface area contributed by atoms with Crippen molar-refractivity contribution < 1.29 is 47.7 Å². The van der Waals surface area contributed by atoms with Crippen LogP contribution < -0.4 is 0 Å². The minimum absolute atomic E-state index is 0.00295. The number of nitrogens with zero attached hydrogens (tertiary/aromatic N) is 3. The van der Waals surface area contributed by atoms with Gasteiger partial charge in [-0.25, -0.2) is 9.78 Å². The van der Waals surface area contributed by atoms with Gasteiger partial charge < -0.3 is 28.7 Å². The van der Waals surface area contributed by atoms with E-state index in [2.05, 4.69) is 13.8 Å². The molecule has 1 aliphatic heterocycles. The average Bonchev–Trinajstić information content (AvgIpc) is 3.97. The van der Waals surface area contributed by atoms with E-state index in [-0.39, 0.29) is 104 Å². The minimum atomic E-state index is -0.766. The van der Waals surface area contributed by atoms with Gasteiger partial charge in [-0.1, -0.05) is 92.1 Å². The Morgan fingerprint density at radius 2 is 1.53 bits per heavy atom. The number of ether oxygens (including phenoxy) is 4. The monoisotopic (exact) mass is 912 g/mol. The van der Waals surface area contributed by atoms with Gasteiger partial charge in [0, 0.05) is 76.1 Å². The Kier molecular flexibility index (Phi) is 22.8. The number of thiazole rings is 1. The number of methoxy groups -OCH3 is 2. The Morgan fingerprint density at radius 1 is 0.859 bits per heavy atom. The predicted molar refractivity (Wildman–Crippen MR) is 249 cm³/mol. The van der Waals surface area contributed by atoms with Gasteiger partial charge >= 0.3 is 6.16 Å². The second kappa shape index (κ2) is 26.8. The number of likely N-dealkylation sites (tertiary alicyclic amines) is 1. The zero-order valence-electron chi connectivity index (χ0n) is 40.6. The van der Waals surface area contributed by atoms with Crippen molar-refractivity contribution in [3.8, 4) is 0 Å². The number of likely N-dealkylation sites (N-methyl/N-ethyl adjacent to an activating group) is 1. The number of carbonyl (C=O) groups excluding carboxylic acids is 6. The Morgan fingerprint density at radius 3 is 2.12 bits per heavy atom. The molecule has 0 spiro atoms. The van der Waals surface area contributed by atoms with Crippen LogP contribution in [0.15, 0.2) is 35.7 Å². The van der Waals surface area contributed by atoms with Crippen LogP contribution in [0.4, 0.5) is 4.79 Å². The molecule has 3 rings (SSSR count). The van der Waals surface area contributed by atoms with Gasteiger partial charge in [0.25, 0.3) is 0 Å². The highest BCUT2D eigenvalue weighted by atomic mass is 32.1. The van der Waals surface area contributed by atoms with E-state index in [1.165, 1.54) is 11.3 Å². The summed E-state index contributed by atoms with van der Waals surface area (Å²) < 4.78 is 22.0. The molecule has 0 unspecified atom stereocenters. The molecule has 1 saturated heterocycles. The molecule has 14 heteroatoms. The number of amides is 2. The molecular formula is C50H77N3O10S. The fourth-order valence-corrected chi connectivity index (χ4v) is 9.76. The first-order chi connectivity index (χ1) is 30.4. The summed E-state index contributed by atoms with van der Waals surface area (Å²) in [6.07, 6.45) is 1.60. The second-order valence-electron chi connectivity index (χ2n) is 18.3. The van der Waals surface area contributed by atoms with Gasteiger partial charge in [-0.2, -0.15) is 0 Å². The maximum absolute atomic E-state index is 14.4. The van der Waals surface area contributed by atoms with Crippen molar-refractivity contribution in [1.29, 1.82) is 0 Å². The van der Waals surface area contributed by atoms with Crippen LogP contribution >= 0.6 is 11.3 Å². The molecule has 1 aliphatic rings. The molecule has 1 fully saturated rings. The van der Waals surface area contributed by atoms with Crippen LogP contribution in [-0.4, -0.2) is 115 Å². The van der Waals surface area contributed by atoms with E-state index in [1.54, 1.807) is 38.5 Å². The summed E-state index contributed by atoms with van der Waals surface area (Å²) in [5, 5.41) is 2.41. The Bertz CT molecular complexity index is 1800. The van der Waals surface area contributed by atoms with Crippen molar-refractivity contribution in [3.05, 3.63) is 52.0 Å². The summed E-state index contributed by atoms with van der Waals surface area (Å²) in [5.41, 5.74) is 1.35. The van der Waals surface area contributed by atoms with Crippen LogP contribution in [0, 0.1) is 35.5 Å². The average molecular weight is 912 g/mol. The molecule has 358 valence electrons. The molecule has 0 N–H and O–H groups in total. The number of Topliss-reactive ketones (excluding diaryl/α,β-unsaturated/α-hetero) is 3. The largest absolute Gasteiger partial charge is 0.508 e. The van der Waals surface area contributed by atoms with Gasteiger partial charge in [-0.3, -0.25) is 24.0 Å². The number of benzene rings is 1. The maximum Gasteiger partial charge on any atom is 0.508 e. The molecule has 2 amide bonds. The van der Waals surface area contributed by atoms with Crippen LogP contribution in [0.25, 0.3) is 0 Å². The number of hydrogen-bond acceptors (Lipinski definition) is 12. The lowest BCUT2D eigenvalue weighted by molar-refractivity contribution is -0.149. The summed E-state index contributed by atoms with van der Waals surface area (Å²) in [7, 11) is 4.94. The lowest BCUT2D eigenvalue weighted by Crippen LogP contribution is -2.54. The fraction of sp³-hybridized carbons (Fsp3) is 0.700. The number of hydrogen-bond donors (Lipinski definition) is 0. The Labute approximate surface area is 386 Å². The van der Waals surface area contributed by atoms with E-state index in [0.29, 0.717) is 36.5 Å². The van der Waals surface area contributed by atoms with Crippen LogP contribution in [0.1, 0.15) is 141 Å². The summed E-state index contributed by atoms with van der Waals surface area (Å²) in [6, 6.07) is 9.09. The highest BCUT2D eigenvalue weighted by Gasteiger charge is 2.43. The van der Waals surface area contributed by atoms with Crippen LogP contribution in [0.2, 0.25) is 0 Å². The zero-order valence-corrected chi connectivity index (χ0v) is 41.4. The maximum atomic E-state index is 14.4. The van der Waals surface area contributed by atoms with Crippen molar-refractivity contribution in [1.82, 2.24) is 14.8 Å². The molecule has 2 heterocycles. The Hall–Kier alpha value is -4.01. The van der Waals surface area contributed by atoms with Gasteiger partial charge in [-0.15, -0.1) is 11.3 Å². The van der Waals surface area contributed by atoms with E-state index in [1.807, 2.05) is 76.8 Å². The van der Waals surface area contributed by atoms with Crippen LogP contribution in [0.3, 0.4) is 0 Å². The van der Waals surface area contributed by atoms with Crippen LogP contribution in [-0.2, 0) is 44.5 Å². The summed E-state index contributed by atoms with van der Waals surface area (Å²) in [4.78, 5) is 89.2. The smallest absolute Gasteiger partial charge is 0.435 e. The standard InChI is InChI=1S/C50H77N3O10S/c1-13-33(7)46(52(10)49(58)38(32(5)6)28-43(56)34(8)31(3)4)44(60-11)29-45(57)53-24-18-22-40(53)47(61-12)35(9)42(55)27-37(26-36-20-16-15-17-21-36)48-51-39(30-64-48)41(54)23-19-25-63-50(59)62-14-2/h15-17,20-21,30-35,37-38,40,44,46-47H,13-14,18-19,22-29H2,1-12H3/t33-,34-,35-,37+,38-,40-,44+,46-,47+/m0/s1. The van der Waals surface area contributed by atoms with Gasteiger partial charge in [0.1, 0.15) is 17.3 Å². The molecule has 0 saturated carbocycles. The molecule has 2 aromatic rings. The topological polar surface area (TPSA) is 159 Å². The number of ketones is 3. The number of carbonyl (C=O) groups is 6. The molecule has 0 radical (unpaired) electrons. The molecule has 13 nitrogen and oxygen atoms in total. The van der Waals surface area contributed by atoms with Gasteiger partial charge in [0.05, 0.1) is 48.9 Å². The van der Waals surface area contributed by atoms with Crippen LogP contribution in [0.5, 0.6) is 0 Å². The molecular weight excluding hydrogens is 835 g/mol. The second-order valence-corrected chi connectivity index (χ2v) is 19.2. The van der Waals surface area contributed by atoms with E-state index < -0.39 is 36.2 Å². The third-order valence-corrected chi connectivity index (χ3v) is 14.4. The lowest BCUT2D eigenvalue weighted by Gasteiger charge is -2.41. The van der Waals surface area contributed by atoms with E-state index >= 15 is 0 Å². The molecule has 1 aromatic carbocycles. The SMILES string of the molecule is CCOC(=O)OCCCC(=O)c1csc([C@@H](CC(=O)[C@H](C)[C@@H](OC)[C@@H]2CCCN2C(=O)C[C@@H](OC)[C@H]([C@@H](C)CC)N(C)C(=O)[C@@H](CC(=O)[C@@H](C)C(C)C)C(C)C)Cc2ccccc2)n1. The van der Waals surface area contributed by atoms with Crippen molar-refractivity contribution in [2.24, 2.45) is 35.5 Å². The first-order valence-electron chi connectivity index (χ1n) is 23.4. The van der Waals surface area contributed by atoms with Gasteiger partial charge in [0.15, 0.2) is 5.78 Å². The number of aromatic nitrogens is 1. The zero-order chi connectivity index (χ0) is 47.7. The van der Waals surface area contributed by atoms with E-state index in [9.17, 15) is 28.8 Å². The molecule has 1 aromatic heterocycles. The quantitative estimate of drug-likeness (QED) is 0.0456. The first-order valence-corrected chi connectivity index (χ1v) is 24.3. The summed E-state index contributed by atoms with van der Waals surface area (Å²) in [6.45, 7) is 18.4. The van der Waals surface area contributed by atoms with E-state index in [0.717, 1.165) is 18.4 Å². The summed E-state index contributed by atoms with van der Waals surface area (Å²) >= 11 is 1.35. The predicted octanol–water partition coefficient (Wildman–Crippen LogP) is 9.01.